The Morgan fingerprint density at radius 1 is 0.947 bits per heavy atom. The van der Waals surface area contributed by atoms with E-state index in [1.165, 1.54) is 5.30 Å². The van der Waals surface area contributed by atoms with Gasteiger partial charge < -0.3 is 0 Å². The number of benzene rings is 1. The van der Waals surface area contributed by atoms with E-state index >= 15 is 0 Å². The van der Waals surface area contributed by atoms with Gasteiger partial charge in [-0.15, -0.1) is 0 Å². The van der Waals surface area contributed by atoms with Gasteiger partial charge in [0.15, 0.2) is 0 Å². The molecule has 0 aromatic heterocycles. The van der Waals surface area contributed by atoms with Crippen molar-refractivity contribution in [3.8, 4) is 0 Å². The van der Waals surface area contributed by atoms with Crippen LogP contribution in [-0.4, -0.2) is 23.5 Å². The van der Waals surface area contributed by atoms with Gasteiger partial charge in [-0.1, -0.05) is 0 Å². The van der Waals surface area contributed by atoms with Gasteiger partial charge in [-0.05, 0) is 0 Å². The zero-order valence-electron chi connectivity index (χ0n) is 12.6. The number of rotatable bonds is 1. The van der Waals surface area contributed by atoms with Gasteiger partial charge >= 0.3 is 116 Å². The summed E-state index contributed by atoms with van der Waals surface area (Å²) in [5, 5.41) is 1.44. The molecule has 1 aromatic carbocycles. The monoisotopic (exact) mass is 280 g/mol. The molecule has 3 rings (SSSR count). The van der Waals surface area contributed by atoms with Crippen molar-refractivity contribution >= 4 is 12.4 Å². The second kappa shape index (κ2) is 3.61. The van der Waals surface area contributed by atoms with Crippen LogP contribution in [0.3, 0.4) is 0 Å². The summed E-state index contributed by atoms with van der Waals surface area (Å²) in [5.41, 5.74) is 0. The zero-order valence-corrected chi connectivity index (χ0v) is 13.5. The topological polar surface area (TPSA) is 18.5 Å². The fraction of sp³-hybridized carbons (Fsp3) is 0.625. The van der Waals surface area contributed by atoms with E-state index in [-0.39, 0.29) is 10.3 Å². The second-order valence-corrected chi connectivity index (χ2v) is 12.2. The van der Waals surface area contributed by atoms with Crippen molar-refractivity contribution in [3.05, 3.63) is 30.3 Å². The molecular formula is C16H25O2P. The van der Waals surface area contributed by atoms with Crippen molar-refractivity contribution in [1.82, 2.24) is 0 Å². The molecule has 1 spiro atoms. The van der Waals surface area contributed by atoms with E-state index in [2.05, 4.69) is 65.0 Å². The van der Waals surface area contributed by atoms with Gasteiger partial charge in [0, 0.05) is 0 Å². The van der Waals surface area contributed by atoms with Crippen molar-refractivity contribution in [3.63, 3.8) is 0 Å². The van der Waals surface area contributed by atoms with Crippen molar-refractivity contribution in [2.45, 2.75) is 44.9 Å². The van der Waals surface area contributed by atoms with Crippen LogP contribution in [0.5, 0.6) is 0 Å². The minimum absolute atomic E-state index is 0.0763. The van der Waals surface area contributed by atoms with E-state index in [9.17, 15) is 0 Å². The molecule has 0 radical (unpaired) electrons. The number of hydrogen-bond donors (Lipinski definition) is 0. The molecule has 0 atom stereocenters. The third kappa shape index (κ3) is 1.09. The Bertz CT molecular complexity index is 481. The SMILES string of the molecule is CC1C(C)(C)P2(c3ccccc3)(OCCO2)C1(C)C. The Labute approximate surface area is 116 Å². The van der Waals surface area contributed by atoms with Crippen molar-refractivity contribution in [2.24, 2.45) is 5.92 Å². The molecule has 2 aliphatic heterocycles. The van der Waals surface area contributed by atoms with Gasteiger partial charge in [0.05, 0.1) is 0 Å². The summed E-state index contributed by atoms with van der Waals surface area (Å²) in [4.78, 5) is 0. The second-order valence-electron chi connectivity index (χ2n) is 6.99. The van der Waals surface area contributed by atoms with Crippen LogP contribution in [0.1, 0.15) is 34.6 Å². The maximum atomic E-state index is 6.56. The predicted octanol–water partition coefficient (Wildman–Crippen LogP) is 3.95. The van der Waals surface area contributed by atoms with Crippen LogP contribution in [0.2, 0.25) is 0 Å². The molecule has 2 aliphatic rings. The Hall–Kier alpha value is -0.430. The predicted molar refractivity (Wildman–Crippen MR) is 82.2 cm³/mol. The first-order valence-corrected chi connectivity index (χ1v) is 9.25. The Kier molecular flexibility index (Phi) is 2.57. The first kappa shape index (κ1) is 13.5. The fourth-order valence-corrected chi connectivity index (χ4v) is 12.8. The third-order valence-electron chi connectivity index (χ3n) is 6.20. The quantitative estimate of drug-likeness (QED) is 0.725. The molecule has 0 amide bonds. The molecule has 1 aromatic rings. The normalized spacial score (nSPS) is 32.4. The molecule has 0 aliphatic carbocycles. The van der Waals surface area contributed by atoms with Crippen molar-refractivity contribution in [1.29, 1.82) is 0 Å². The molecule has 3 heteroatoms. The molecular weight excluding hydrogens is 255 g/mol. The Morgan fingerprint density at radius 2 is 1.42 bits per heavy atom. The van der Waals surface area contributed by atoms with Gasteiger partial charge in [-0.25, -0.2) is 0 Å². The average Bonchev–Trinajstić information content (AvgIpc) is 2.87. The van der Waals surface area contributed by atoms with Crippen LogP contribution < -0.4 is 5.30 Å². The molecule has 2 heterocycles. The van der Waals surface area contributed by atoms with E-state index in [0.717, 1.165) is 13.2 Å². The van der Waals surface area contributed by atoms with Gasteiger partial charge in [0.25, 0.3) is 0 Å². The molecule has 0 N–H and O–H groups in total. The van der Waals surface area contributed by atoms with E-state index in [1.807, 2.05) is 0 Å². The first-order chi connectivity index (χ1) is 8.81. The zero-order chi connectivity index (χ0) is 14.0. The molecule has 0 saturated carbocycles. The van der Waals surface area contributed by atoms with E-state index in [0.29, 0.717) is 5.92 Å². The van der Waals surface area contributed by atoms with E-state index in [4.69, 9.17) is 9.05 Å². The van der Waals surface area contributed by atoms with Gasteiger partial charge in [-0.3, -0.25) is 0 Å². The van der Waals surface area contributed by atoms with E-state index < -0.39 is 7.06 Å². The van der Waals surface area contributed by atoms with Crippen LogP contribution in [0.4, 0.5) is 0 Å². The maximum absolute atomic E-state index is 6.56. The summed E-state index contributed by atoms with van der Waals surface area (Å²) >= 11 is 0. The first-order valence-electron chi connectivity index (χ1n) is 7.18. The molecule has 19 heavy (non-hydrogen) atoms. The fourth-order valence-electron chi connectivity index (χ4n) is 4.88. The summed E-state index contributed by atoms with van der Waals surface area (Å²) < 4.78 is 13.1. The summed E-state index contributed by atoms with van der Waals surface area (Å²) in [6, 6.07) is 10.7. The standard InChI is InChI=1S/C16H25O2P/c1-13-15(2,3)19(16(13,4)5,17-11-12-18-19)14-9-7-6-8-10-14/h6-10,13H,11-12H2,1-5H3. The average molecular weight is 280 g/mol. The minimum atomic E-state index is -2.82. The van der Waals surface area contributed by atoms with E-state index in [1.54, 1.807) is 0 Å². The van der Waals surface area contributed by atoms with Crippen LogP contribution in [0, 0.1) is 5.92 Å². The Balaban J connectivity index is 2.32. The molecule has 2 nitrogen and oxygen atoms in total. The van der Waals surface area contributed by atoms with Gasteiger partial charge in [0.2, 0.25) is 0 Å². The van der Waals surface area contributed by atoms with Crippen LogP contribution in [0.25, 0.3) is 0 Å². The summed E-state index contributed by atoms with van der Waals surface area (Å²) in [7, 11) is -2.82. The number of hydrogen-bond acceptors (Lipinski definition) is 2. The molecule has 106 valence electrons. The molecule has 0 bridgehead atoms. The summed E-state index contributed by atoms with van der Waals surface area (Å²) in [6.45, 7) is 13.1. The van der Waals surface area contributed by atoms with Crippen LogP contribution in [-0.2, 0) is 9.05 Å². The van der Waals surface area contributed by atoms with Crippen molar-refractivity contribution in [2.75, 3.05) is 13.2 Å². The molecule has 2 saturated heterocycles. The van der Waals surface area contributed by atoms with Crippen molar-refractivity contribution < 1.29 is 9.05 Å². The summed E-state index contributed by atoms with van der Waals surface area (Å²) in [5.74, 6) is 0.580. The van der Waals surface area contributed by atoms with Gasteiger partial charge in [-0.2, -0.15) is 0 Å². The third-order valence-corrected chi connectivity index (χ3v) is 13.7. The summed E-state index contributed by atoms with van der Waals surface area (Å²) in [6.07, 6.45) is 0. The van der Waals surface area contributed by atoms with Gasteiger partial charge in [0.1, 0.15) is 0 Å². The van der Waals surface area contributed by atoms with Crippen LogP contribution >= 0.6 is 7.06 Å². The molecule has 0 unspecified atom stereocenters. The molecule has 2 fully saturated rings. The van der Waals surface area contributed by atoms with Crippen LogP contribution in [0.15, 0.2) is 30.3 Å². The Morgan fingerprint density at radius 3 is 1.89 bits per heavy atom.